The monoisotopic (exact) mass is 279 g/mol. The van der Waals surface area contributed by atoms with Crippen molar-refractivity contribution in [2.75, 3.05) is 26.2 Å². The Morgan fingerprint density at radius 3 is 2.60 bits per heavy atom. The summed E-state index contributed by atoms with van der Waals surface area (Å²) in [6, 6.07) is 0.809. The average Bonchev–Trinajstić information content (AvgIpc) is 2.46. The van der Waals surface area contributed by atoms with Gasteiger partial charge >= 0.3 is 0 Å². The third-order valence-corrected chi connectivity index (χ3v) is 5.46. The zero-order valence-corrected chi connectivity index (χ0v) is 12.6. The molecular formula is C16H29N3O. The van der Waals surface area contributed by atoms with Gasteiger partial charge in [0, 0.05) is 25.2 Å². The highest BCUT2D eigenvalue weighted by Gasteiger charge is 2.36. The lowest BCUT2D eigenvalue weighted by Crippen LogP contribution is -2.54. The summed E-state index contributed by atoms with van der Waals surface area (Å²) in [6.07, 6.45) is 10.0. The normalized spacial score (nSPS) is 35.6. The summed E-state index contributed by atoms with van der Waals surface area (Å²) < 4.78 is 0. The first-order chi connectivity index (χ1) is 9.74. The Balaban J connectivity index is 1.57. The SMILES string of the molecule is N[C@@H]1CCCN(CC(=O)N2CCCC3CCCCC32)C1. The number of carbonyl (C=O) groups excluding carboxylic acids is 1. The van der Waals surface area contributed by atoms with Gasteiger partial charge in [0.25, 0.3) is 0 Å². The molecule has 3 rings (SSSR count). The van der Waals surface area contributed by atoms with Crippen molar-refractivity contribution in [3.05, 3.63) is 0 Å². The van der Waals surface area contributed by atoms with Crippen LogP contribution < -0.4 is 5.73 Å². The van der Waals surface area contributed by atoms with Crippen LogP contribution in [0.2, 0.25) is 0 Å². The first-order valence-electron chi connectivity index (χ1n) is 8.51. The standard InChI is InChI=1S/C16H29N3O/c17-14-7-4-9-18(11-14)12-16(20)19-10-3-6-13-5-1-2-8-15(13)19/h13-15H,1-12,17H2/t13?,14-,15?/m1/s1. The van der Waals surface area contributed by atoms with Gasteiger partial charge in [-0.05, 0) is 51.0 Å². The molecule has 0 aromatic carbocycles. The molecule has 4 heteroatoms. The van der Waals surface area contributed by atoms with Crippen molar-refractivity contribution in [1.82, 2.24) is 9.80 Å². The Hall–Kier alpha value is -0.610. The van der Waals surface area contributed by atoms with Crippen molar-refractivity contribution in [2.45, 2.75) is 63.5 Å². The molecule has 2 saturated heterocycles. The molecule has 2 N–H and O–H groups in total. The maximum atomic E-state index is 12.7. The molecule has 0 bridgehead atoms. The van der Waals surface area contributed by atoms with Crippen LogP contribution in [-0.4, -0.2) is 54.0 Å². The molecule has 0 radical (unpaired) electrons. The number of amides is 1. The van der Waals surface area contributed by atoms with Crippen molar-refractivity contribution in [3.8, 4) is 0 Å². The molecule has 114 valence electrons. The fraction of sp³-hybridized carbons (Fsp3) is 0.938. The second-order valence-corrected chi connectivity index (χ2v) is 6.98. The molecule has 3 aliphatic rings. The van der Waals surface area contributed by atoms with Gasteiger partial charge in [0.1, 0.15) is 0 Å². The Labute approximate surface area is 122 Å². The quantitative estimate of drug-likeness (QED) is 0.835. The van der Waals surface area contributed by atoms with E-state index in [2.05, 4.69) is 9.80 Å². The van der Waals surface area contributed by atoms with E-state index < -0.39 is 0 Å². The van der Waals surface area contributed by atoms with Crippen molar-refractivity contribution >= 4 is 5.91 Å². The summed E-state index contributed by atoms with van der Waals surface area (Å²) in [5.74, 6) is 1.14. The fourth-order valence-electron chi connectivity index (χ4n) is 4.45. The third-order valence-electron chi connectivity index (χ3n) is 5.46. The van der Waals surface area contributed by atoms with Crippen LogP contribution in [-0.2, 0) is 4.79 Å². The van der Waals surface area contributed by atoms with E-state index in [-0.39, 0.29) is 6.04 Å². The lowest BCUT2D eigenvalue weighted by Gasteiger charge is -2.45. The molecule has 1 amide bonds. The van der Waals surface area contributed by atoms with E-state index in [1.165, 1.54) is 38.5 Å². The Bertz CT molecular complexity index is 345. The van der Waals surface area contributed by atoms with Crippen molar-refractivity contribution in [1.29, 1.82) is 0 Å². The van der Waals surface area contributed by atoms with Crippen molar-refractivity contribution in [3.63, 3.8) is 0 Å². The molecule has 0 aromatic rings. The third kappa shape index (κ3) is 3.17. The minimum absolute atomic E-state index is 0.264. The highest BCUT2D eigenvalue weighted by molar-refractivity contribution is 5.78. The molecule has 2 aliphatic heterocycles. The first kappa shape index (κ1) is 14.3. The summed E-state index contributed by atoms with van der Waals surface area (Å²) in [5.41, 5.74) is 6.02. The number of carbonyl (C=O) groups is 1. The van der Waals surface area contributed by atoms with Gasteiger partial charge in [-0.2, -0.15) is 0 Å². The van der Waals surface area contributed by atoms with Crippen LogP contribution in [0.5, 0.6) is 0 Å². The summed E-state index contributed by atoms with van der Waals surface area (Å²) in [5, 5.41) is 0. The molecule has 0 spiro atoms. The van der Waals surface area contributed by atoms with Gasteiger partial charge in [-0.15, -0.1) is 0 Å². The van der Waals surface area contributed by atoms with E-state index in [1.807, 2.05) is 0 Å². The molecule has 3 fully saturated rings. The number of fused-ring (bicyclic) bond motifs is 1. The second-order valence-electron chi connectivity index (χ2n) is 6.98. The lowest BCUT2D eigenvalue weighted by atomic mass is 9.78. The van der Waals surface area contributed by atoms with Gasteiger partial charge in [-0.1, -0.05) is 12.8 Å². The fourth-order valence-corrected chi connectivity index (χ4v) is 4.45. The molecular weight excluding hydrogens is 250 g/mol. The van der Waals surface area contributed by atoms with Crippen molar-refractivity contribution < 1.29 is 4.79 Å². The first-order valence-corrected chi connectivity index (χ1v) is 8.51. The minimum atomic E-state index is 0.264. The molecule has 0 aromatic heterocycles. The van der Waals surface area contributed by atoms with E-state index in [0.717, 1.165) is 38.4 Å². The number of likely N-dealkylation sites (tertiary alicyclic amines) is 2. The number of rotatable bonds is 2. The number of hydrogen-bond acceptors (Lipinski definition) is 3. The van der Waals surface area contributed by atoms with Crippen LogP contribution in [0.25, 0.3) is 0 Å². The van der Waals surface area contributed by atoms with E-state index in [9.17, 15) is 4.79 Å². The van der Waals surface area contributed by atoms with E-state index in [4.69, 9.17) is 5.73 Å². The van der Waals surface area contributed by atoms with Gasteiger partial charge in [0.2, 0.25) is 5.91 Å². The van der Waals surface area contributed by atoms with Gasteiger partial charge in [0.05, 0.1) is 6.54 Å². The van der Waals surface area contributed by atoms with Gasteiger partial charge in [-0.25, -0.2) is 0 Å². The predicted molar refractivity (Wildman–Crippen MR) is 80.3 cm³/mol. The average molecular weight is 279 g/mol. The highest BCUT2D eigenvalue weighted by Crippen LogP contribution is 2.35. The minimum Gasteiger partial charge on any atom is -0.338 e. The smallest absolute Gasteiger partial charge is 0.237 e. The topological polar surface area (TPSA) is 49.6 Å². The van der Waals surface area contributed by atoms with E-state index in [0.29, 0.717) is 18.5 Å². The molecule has 20 heavy (non-hydrogen) atoms. The van der Waals surface area contributed by atoms with Gasteiger partial charge < -0.3 is 10.6 Å². The van der Waals surface area contributed by atoms with Crippen LogP contribution in [0.15, 0.2) is 0 Å². The summed E-state index contributed by atoms with van der Waals surface area (Å²) in [4.78, 5) is 17.2. The summed E-state index contributed by atoms with van der Waals surface area (Å²) in [7, 11) is 0. The molecule has 1 aliphatic carbocycles. The van der Waals surface area contributed by atoms with E-state index >= 15 is 0 Å². The molecule has 4 nitrogen and oxygen atoms in total. The number of piperidine rings is 2. The zero-order valence-electron chi connectivity index (χ0n) is 12.6. The number of nitrogens with zero attached hydrogens (tertiary/aromatic N) is 2. The van der Waals surface area contributed by atoms with Crippen molar-refractivity contribution in [2.24, 2.45) is 11.7 Å². The highest BCUT2D eigenvalue weighted by atomic mass is 16.2. The largest absolute Gasteiger partial charge is 0.338 e. The van der Waals surface area contributed by atoms with Crippen LogP contribution >= 0.6 is 0 Å². The molecule has 3 atom stereocenters. The van der Waals surface area contributed by atoms with Gasteiger partial charge in [0.15, 0.2) is 0 Å². The van der Waals surface area contributed by atoms with Crippen LogP contribution in [0.4, 0.5) is 0 Å². The number of nitrogens with two attached hydrogens (primary N) is 1. The number of hydrogen-bond donors (Lipinski definition) is 1. The Morgan fingerprint density at radius 2 is 1.75 bits per heavy atom. The Kier molecular flexibility index (Phi) is 4.61. The lowest BCUT2D eigenvalue weighted by molar-refractivity contribution is -0.139. The Morgan fingerprint density at radius 1 is 1.00 bits per heavy atom. The van der Waals surface area contributed by atoms with E-state index in [1.54, 1.807) is 0 Å². The summed E-state index contributed by atoms with van der Waals surface area (Å²) >= 11 is 0. The van der Waals surface area contributed by atoms with Crippen LogP contribution in [0.1, 0.15) is 51.4 Å². The molecule has 2 unspecified atom stereocenters. The molecule has 1 saturated carbocycles. The van der Waals surface area contributed by atoms with Gasteiger partial charge in [-0.3, -0.25) is 9.69 Å². The predicted octanol–water partition coefficient (Wildman–Crippen LogP) is 1.59. The maximum Gasteiger partial charge on any atom is 0.237 e. The zero-order chi connectivity index (χ0) is 13.9. The molecule has 2 heterocycles. The van der Waals surface area contributed by atoms with Crippen LogP contribution in [0, 0.1) is 5.92 Å². The maximum absolute atomic E-state index is 12.7. The summed E-state index contributed by atoms with van der Waals surface area (Å²) in [6.45, 7) is 3.52. The second kappa shape index (κ2) is 6.44. The van der Waals surface area contributed by atoms with Crippen LogP contribution in [0.3, 0.4) is 0 Å².